The first-order valence-electron chi connectivity index (χ1n) is 7.44. The van der Waals surface area contributed by atoms with E-state index in [2.05, 4.69) is 0 Å². The number of hydrogen-bond donors (Lipinski definition) is 2. The molecule has 1 atom stereocenters. The number of anilines is 1. The van der Waals surface area contributed by atoms with Crippen LogP contribution in [0, 0.1) is 12.1 Å². The zero-order chi connectivity index (χ0) is 20.6. The van der Waals surface area contributed by atoms with E-state index in [4.69, 9.17) is 0 Å². The maximum Gasteiger partial charge on any atom is 0.428 e. The van der Waals surface area contributed by atoms with Gasteiger partial charge in [-0.2, -0.15) is 13.2 Å². The first-order chi connectivity index (χ1) is 12.3. The molecule has 27 heavy (non-hydrogen) atoms. The molecule has 0 aliphatic carbocycles. The average molecular weight is 404 g/mol. The SMILES string of the molecule is Cc1c(S(=O)(=O)c2ccccc2)ccc(NC(=O)[C@@](C)(O)C(F)(F)F)[n+]1[O-]. The molecule has 2 aromatic rings. The van der Waals surface area contributed by atoms with Crippen LogP contribution in [0.25, 0.3) is 0 Å². The van der Waals surface area contributed by atoms with E-state index in [0.29, 0.717) is 0 Å². The Morgan fingerprint density at radius 2 is 1.70 bits per heavy atom. The normalized spacial score (nSPS) is 14.4. The molecule has 1 amide bonds. The van der Waals surface area contributed by atoms with Crippen molar-refractivity contribution < 1.29 is 36.2 Å². The number of nitrogens with one attached hydrogen (secondary N) is 1. The molecule has 1 heterocycles. The Kier molecular flexibility index (Phi) is 5.21. The molecule has 146 valence electrons. The van der Waals surface area contributed by atoms with E-state index in [-0.39, 0.29) is 27.1 Å². The van der Waals surface area contributed by atoms with Crippen LogP contribution in [0.5, 0.6) is 0 Å². The number of alkyl halides is 3. The molecular weight excluding hydrogens is 389 g/mol. The summed E-state index contributed by atoms with van der Waals surface area (Å²) >= 11 is 0. The summed E-state index contributed by atoms with van der Waals surface area (Å²) in [6.45, 7) is 1.37. The molecule has 1 aromatic heterocycles. The Bertz CT molecular complexity index is 974. The van der Waals surface area contributed by atoms with Gasteiger partial charge in [0.15, 0.2) is 0 Å². The average Bonchev–Trinajstić information content (AvgIpc) is 2.58. The van der Waals surface area contributed by atoms with Gasteiger partial charge >= 0.3 is 12.1 Å². The third-order valence-electron chi connectivity index (χ3n) is 3.85. The Hall–Kier alpha value is -2.66. The molecule has 0 aliphatic rings. The van der Waals surface area contributed by atoms with E-state index in [1.54, 1.807) is 11.4 Å². The molecule has 11 heteroatoms. The fourth-order valence-corrected chi connectivity index (χ4v) is 3.58. The highest BCUT2D eigenvalue weighted by Gasteiger charge is 2.58. The second-order valence-electron chi connectivity index (χ2n) is 5.80. The zero-order valence-electron chi connectivity index (χ0n) is 14.1. The number of sulfone groups is 1. The number of carbonyl (C=O) groups excluding carboxylic acids is 1. The fourth-order valence-electron chi connectivity index (χ4n) is 2.09. The number of pyridine rings is 1. The monoisotopic (exact) mass is 404 g/mol. The summed E-state index contributed by atoms with van der Waals surface area (Å²) < 4.78 is 63.3. The molecule has 0 unspecified atom stereocenters. The van der Waals surface area contributed by atoms with Crippen LogP contribution in [0.15, 0.2) is 52.3 Å². The van der Waals surface area contributed by atoms with Crippen LogP contribution in [0.2, 0.25) is 0 Å². The minimum atomic E-state index is -5.27. The van der Waals surface area contributed by atoms with Crippen molar-refractivity contribution in [3.05, 3.63) is 53.4 Å². The predicted octanol–water partition coefficient (Wildman–Crippen LogP) is 1.71. The quantitative estimate of drug-likeness (QED) is 0.596. The van der Waals surface area contributed by atoms with Crippen molar-refractivity contribution >= 4 is 21.6 Å². The molecule has 0 saturated heterocycles. The van der Waals surface area contributed by atoms with Gasteiger partial charge in [0.1, 0.15) is 10.6 Å². The highest BCUT2D eigenvalue weighted by atomic mass is 32.2. The summed E-state index contributed by atoms with van der Waals surface area (Å²) in [5.41, 5.74) is -4.09. The summed E-state index contributed by atoms with van der Waals surface area (Å²) in [5.74, 6) is -2.54. The van der Waals surface area contributed by atoms with Gasteiger partial charge in [0, 0.05) is 6.07 Å². The molecule has 0 fully saturated rings. The van der Waals surface area contributed by atoms with Gasteiger partial charge in [-0.25, -0.2) is 23.3 Å². The van der Waals surface area contributed by atoms with E-state index in [1.807, 2.05) is 0 Å². The molecule has 0 spiro atoms. The Labute approximate surface area is 152 Å². The second kappa shape index (κ2) is 6.82. The van der Waals surface area contributed by atoms with E-state index in [0.717, 1.165) is 19.1 Å². The van der Waals surface area contributed by atoms with Gasteiger partial charge in [-0.1, -0.05) is 18.2 Å². The molecule has 0 saturated carbocycles. The lowest BCUT2D eigenvalue weighted by molar-refractivity contribution is -0.599. The number of nitrogens with zero attached hydrogens (tertiary/aromatic N) is 1. The third kappa shape index (κ3) is 3.74. The number of benzene rings is 1. The summed E-state index contributed by atoms with van der Waals surface area (Å²) in [6, 6.07) is 9.05. The fraction of sp³-hybridized carbons (Fsp3) is 0.250. The Morgan fingerprint density at radius 3 is 2.22 bits per heavy atom. The first-order valence-corrected chi connectivity index (χ1v) is 8.92. The zero-order valence-corrected chi connectivity index (χ0v) is 14.9. The van der Waals surface area contributed by atoms with Crippen LogP contribution in [-0.2, 0) is 14.6 Å². The maximum absolute atomic E-state index is 12.7. The van der Waals surface area contributed by atoms with Gasteiger partial charge in [0.25, 0.3) is 11.4 Å². The maximum atomic E-state index is 12.7. The van der Waals surface area contributed by atoms with Gasteiger partial charge in [-0.05, 0) is 32.0 Å². The molecule has 1 aromatic carbocycles. The minimum absolute atomic E-state index is 0.0276. The standard InChI is InChI=1S/C16H15F3N2O5S/c1-10-12(27(25,26)11-6-4-3-5-7-11)8-9-13(21(10)24)20-14(22)15(2,23)16(17,18)19/h3-9,23H,1-2H3,(H,20,22)/t15-/m1/s1. The first kappa shape index (κ1) is 20.6. The van der Waals surface area contributed by atoms with Crippen LogP contribution in [0.4, 0.5) is 19.0 Å². The number of hydrogen-bond acceptors (Lipinski definition) is 5. The highest BCUT2D eigenvalue weighted by Crippen LogP contribution is 2.31. The van der Waals surface area contributed by atoms with E-state index >= 15 is 0 Å². The number of halogens is 3. The lowest BCUT2D eigenvalue weighted by atomic mass is 10.1. The Balaban J connectivity index is 2.43. The number of aromatic nitrogens is 1. The highest BCUT2D eigenvalue weighted by molar-refractivity contribution is 7.91. The molecule has 0 bridgehead atoms. The van der Waals surface area contributed by atoms with Crippen molar-refractivity contribution in [3.8, 4) is 0 Å². The largest absolute Gasteiger partial charge is 0.710 e. The van der Waals surface area contributed by atoms with E-state index in [9.17, 15) is 36.7 Å². The van der Waals surface area contributed by atoms with Gasteiger partial charge in [-0.3, -0.25) is 0 Å². The summed E-state index contributed by atoms with van der Waals surface area (Å²) in [6.07, 6.45) is -5.27. The van der Waals surface area contributed by atoms with E-state index in [1.165, 1.54) is 24.3 Å². The lowest BCUT2D eigenvalue weighted by Crippen LogP contribution is -2.53. The molecule has 2 rings (SSSR count). The number of aliphatic hydroxyl groups is 1. The van der Waals surface area contributed by atoms with Gasteiger partial charge in [0.2, 0.25) is 9.84 Å². The summed E-state index contributed by atoms with van der Waals surface area (Å²) in [7, 11) is -4.05. The number of amides is 1. The van der Waals surface area contributed by atoms with Crippen molar-refractivity contribution in [2.45, 2.75) is 35.4 Å². The third-order valence-corrected chi connectivity index (χ3v) is 5.75. The summed E-state index contributed by atoms with van der Waals surface area (Å²) in [4.78, 5) is 11.2. The summed E-state index contributed by atoms with van der Waals surface area (Å²) in [5, 5.41) is 23.2. The Morgan fingerprint density at radius 1 is 1.15 bits per heavy atom. The predicted molar refractivity (Wildman–Crippen MR) is 87.3 cm³/mol. The smallest absolute Gasteiger partial charge is 0.428 e. The van der Waals surface area contributed by atoms with Crippen molar-refractivity contribution in [2.75, 3.05) is 5.32 Å². The molecular formula is C16H15F3N2O5S. The van der Waals surface area contributed by atoms with Crippen molar-refractivity contribution in [3.63, 3.8) is 0 Å². The topological polar surface area (TPSA) is 110 Å². The second-order valence-corrected chi connectivity index (χ2v) is 7.72. The van der Waals surface area contributed by atoms with Gasteiger partial charge in [0.05, 0.1) is 4.90 Å². The van der Waals surface area contributed by atoms with E-state index < -0.39 is 33.3 Å². The van der Waals surface area contributed by atoms with Crippen LogP contribution in [0.1, 0.15) is 12.6 Å². The molecule has 2 N–H and O–H groups in total. The number of rotatable bonds is 4. The van der Waals surface area contributed by atoms with Crippen LogP contribution >= 0.6 is 0 Å². The molecule has 0 aliphatic heterocycles. The van der Waals surface area contributed by atoms with Gasteiger partial charge in [-0.15, -0.1) is 0 Å². The van der Waals surface area contributed by atoms with Crippen molar-refractivity contribution in [1.82, 2.24) is 0 Å². The number of carbonyl (C=O) groups is 1. The minimum Gasteiger partial charge on any atom is -0.710 e. The van der Waals surface area contributed by atoms with Crippen molar-refractivity contribution in [2.24, 2.45) is 0 Å². The van der Waals surface area contributed by atoms with Crippen LogP contribution in [-0.4, -0.2) is 31.2 Å². The van der Waals surface area contributed by atoms with Gasteiger partial charge < -0.3 is 10.3 Å². The lowest BCUT2D eigenvalue weighted by Gasteiger charge is -2.23. The molecule has 7 nitrogen and oxygen atoms in total. The van der Waals surface area contributed by atoms with Crippen LogP contribution in [0.3, 0.4) is 0 Å². The van der Waals surface area contributed by atoms with Crippen molar-refractivity contribution in [1.29, 1.82) is 0 Å². The van der Waals surface area contributed by atoms with Crippen LogP contribution < -0.4 is 10.0 Å². The molecule has 0 radical (unpaired) electrons.